The number of carboxylic acid groups (broad SMARTS) is 1. The number of piperazine rings is 1. The van der Waals surface area contributed by atoms with Crippen LogP contribution in [0.25, 0.3) is 11.2 Å². The number of aromatic carboxylic acids is 1. The molecule has 0 saturated carbocycles. The summed E-state index contributed by atoms with van der Waals surface area (Å²) in [5.74, 6) is 0.775. The van der Waals surface area contributed by atoms with Gasteiger partial charge in [-0.25, -0.2) is 19.2 Å². The van der Waals surface area contributed by atoms with E-state index in [1.807, 2.05) is 35.8 Å². The Morgan fingerprint density at radius 2 is 2.07 bits per heavy atom. The lowest BCUT2D eigenvalue weighted by molar-refractivity contribution is -0.0593. The summed E-state index contributed by atoms with van der Waals surface area (Å²) in [4.78, 5) is 25.6. The summed E-state index contributed by atoms with van der Waals surface area (Å²) in [5, 5.41) is 9.91. The molecule has 232 valence electrons. The Hall–Kier alpha value is -3.67. The normalized spacial score (nSPS) is 27.1. The van der Waals surface area contributed by atoms with E-state index in [2.05, 4.69) is 21.7 Å². The Bertz CT molecular complexity index is 1670. The first-order valence-electron chi connectivity index (χ1n) is 15.1. The minimum absolute atomic E-state index is 0.00200. The first-order chi connectivity index (χ1) is 21.2. The van der Waals surface area contributed by atoms with Gasteiger partial charge in [-0.1, -0.05) is 23.7 Å². The van der Waals surface area contributed by atoms with Crippen molar-refractivity contribution in [2.45, 2.75) is 58.0 Å². The van der Waals surface area contributed by atoms with Gasteiger partial charge >= 0.3 is 5.97 Å². The highest BCUT2D eigenvalue weighted by molar-refractivity contribution is 6.31. The van der Waals surface area contributed by atoms with Crippen molar-refractivity contribution >= 4 is 34.4 Å². The Balaban J connectivity index is 1.10. The predicted octanol–water partition coefficient (Wildman–Crippen LogP) is 5.16. The molecule has 10 nitrogen and oxygen atoms in total. The van der Waals surface area contributed by atoms with E-state index in [1.54, 1.807) is 6.07 Å². The number of carbonyl (C=O) groups is 1. The zero-order valence-electron chi connectivity index (χ0n) is 24.7. The van der Waals surface area contributed by atoms with Crippen LogP contribution in [0.1, 0.15) is 43.0 Å². The number of imidazole rings is 1. The molecule has 0 radical (unpaired) electrons. The highest BCUT2D eigenvalue weighted by Crippen LogP contribution is 2.48. The fourth-order valence-corrected chi connectivity index (χ4v) is 6.59. The summed E-state index contributed by atoms with van der Waals surface area (Å²) in [7, 11) is 0. The van der Waals surface area contributed by atoms with Crippen LogP contribution in [0.15, 0.2) is 53.3 Å². The van der Waals surface area contributed by atoms with E-state index < -0.39 is 17.5 Å². The zero-order valence-corrected chi connectivity index (χ0v) is 25.5. The van der Waals surface area contributed by atoms with Gasteiger partial charge in [0.25, 0.3) is 0 Å². The molecule has 4 aliphatic rings. The number of pyridine rings is 1. The third-order valence-corrected chi connectivity index (χ3v) is 9.63. The van der Waals surface area contributed by atoms with Crippen LogP contribution in [0, 0.1) is 5.41 Å². The summed E-state index contributed by atoms with van der Waals surface area (Å²) in [5.41, 5.74) is 1.30. The number of nitrogens with zero attached hydrogens (tertiary/aromatic N) is 5. The average Bonchev–Trinajstić information content (AvgIpc) is 3.33. The maximum absolute atomic E-state index is 15.2. The molecule has 12 heteroatoms. The fourth-order valence-electron chi connectivity index (χ4n) is 6.42. The lowest BCUT2D eigenvalue weighted by atomic mass is 9.77. The van der Waals surface area contributed by atoms with Crippen molar-refractivity contribution in [1.82, 2.24) is 19.4 Å². The number of fused-ring (bicyclic) bond motifs is 2. The van der Waals surface area contributed by atoms with Crippen molar-refractivity contribution in [1.29, 1.82) is 0 Å². The van der Waals surface area contributed by atoms with Crippen LogP contribution in [0.5, 0.6) is 11.5 Å². The van der Waals surface area contributed by atoms with Crippen LogP contribution in [0.3, 0.4) is 0 Å². The minimum Gasteiger partial charge on any atom is -0.486 e. The van der Waals surface area contributed by atoms with Crippen LogP contribution in [-0.2, 0) is 17.8 Å². The SMILES string of the molecule is C[C@H]1CN(c2cccc3c2O[C@H](C2(C)CC=C(Cl)C=C2F)CO3)CCN1Cc1nc2ccc(C(=O)O)nc2n1C[C@@H]1CCO1. The molecule has 3 aliphatic heterocycles. The molecular formula is C32H35ClFN5O5. The third kappa shape index (κ3) is 5.20. The van der Waals surface area contributed by atoms with Crippen molar-refractivity contribution < 1.29 is 28.5 Å². The van der Waals surface area contributed by atoms with Gasteiger partial charge in [0.1, 0.15) is 29.9 Å². The van der Waals surface area contributed by atoms with Crippen molar-refractivity contribution in [3.8, 4) is 11.5 Å². The summed E-state index contributed by atoms with van der Waals surface area (Å²) in [6, 6.07) is 9.27. The number of hydrogen-bond donors (Lipinski definition) is 1. The van der Waals surface area contributed by atoms with E-state index in [0.29, 0.717) is 47.2 Å². The van der Waals surface area contributed by atoms with Crippen LogP contribution in [-0.4, -0.2) is 81.6 Å². The number of aromatic nitrogens is 3. The van der Waals surface area contributed by atoms with Gasteiger partial charge in [-0.3, -0.25) is 4.90 Å². The number of hydrogen-bond acceptors (Lipinski definition) is 8. The van der Waals surface area contributed by atoms with Crippen molar-refractivity contribution in [2.24, 2.45) is 5.41 Å². The molecule has 5 heterocycles. The second-order valence-corrected chi connectivity index (χ2v) is 12.7. The Morgan fingerprint density at radius 1 is 1.23 bits per heavy atom. The topological polar surface area (TPSA) is 102 Å². The van der Waals surface area contributed by atoms with Gasteiger partial charge in [-0.05, 0) is 57.0 Å². The Kier molecular flexibility index (Phi) is 7.50. The fraction of sp³-hybridized carbons (Fsp3) is 0.469. The van der Waals surface area contributed by atoms with Gasteiger partial charge in [0, 0.05) is 37.3 Å². The number of para-hydroxylation sites is 1. The van der Waals surface area contributed by atoms with Gasteiger partial charge in [0.05, 0.1) is 30.3 Å². The smallest absolute Gasteiger partial charge is 0.354 e. The third-order valence-electron chi connectivity index (χ3n) is 9.37. The molecule has 2 aromatic heterocycles. The van der Waals surface area contributed by atoms with Crippen LogP contribution >= 0.6 is 11.6 Å². The molecule has 44 heavy (non-hydrogen) atoms. The first kappa shape index (κ1) is 29.1. The molecular weight excluding hydrogens is 589 g/mol. The summed E-state index contributed by atoms with van der Waals surface area (Å²) in [6.07, 6.45) is 4.14. The molecule has 3 aromatic rings. The molecule has 2 fully saturated rings. The van der Waals surface area contributed by atoms with E-state index in [9.17, 15) is 9.90 Å². The van der Waals surface area contributed by atoms with Crippen LogP contribution in [0.2, 0.25) is 0 Å². The van der Waals surface area contributed by atoms with Gasteiger partial charge in [-0.2, -0.15) is 0 Å². The maximum Gasteiger partial charge on any atom is 0.354 e. The number of anilines is 1. The zero-order chi connectivity index (χ0) is 30.6. The van der Waals surface area contributed by atoms with Gasteiger partial charge in [-0.15, -0.1) is 0 Å². The highest BCUT2D eigenvalue weighted by atomic mass is 35.5. The number of carboxylic acids is 1. The maximum atomic E-state index is 15.2. The predicted molar refractivity (Wildman–Crippen MR) is 163 cm³/mol. The number of rotatable bonds is 7. The second-order valence-electron chi connectivity index (χ2n) is 12.3. The van der Waals surface area contributed by atoms with E-state index in [-0.39, 0.29) is 30.3 Å². The molecule has 0 bridgehead atoms. The first-order valence-corrected chi connectivity index (χ1v) is 15.4. The number of ether oxygens (including phenoxy) is 3. The lowest BCUT2D eigenvalue weighted by Gasteiger charge is -2.43. The molecule has 7 rings (SSSR count). The number of halogens is 2. The molecule has 1 N–H and O–H groups in total. The minimum atomic E-state index is -1.06. The quantitative estimate of drug-likeness (QED) is 0.383. The summed E-state index contributed by atoms with van der Waals surface area (Å²) < 4.78 is 35.5. The monoisotopic (exact) mass is 623 g/mol. The Morgan fingerprint density at radius 3 is 2.80 bits per heavy atom. The van der Waals surface area contributed by atoms with Crippen molar-refractivity contribution in [3.63, 3.8) is 0 Å². The number of allylic oxidation sites excluding steroid dienone is 3. The molecule has 2 saturated heterocycles. The molecule has 1 aliphatic carbocycles. The number of benzene rings is 1. The summed E-state index contributed by atoms with van der Waals surface area (Å²) >= 11 is 6.07. The van der Waals surface area contributed by atoms with Crippen molar-refractivity contribution in [2.75, 3.05) is 37.7 Å². The van der Waals surface area contributed by atoms with Crippen LogP contribution < -0.4 is 14.4 Å². The lowest BCUT2D eigenvalue weighted by Crippen LogP contribution is -2.52. The van der Waals surface area contributed by atoms with E-state index in [0.717, 1.165) is 44.2 Å². The van der Waals surface area contributed by atoms with Gasteiger partial charge in [0.15, 0.2) is 22.8 Å². The van der Waals surface area contributed by atoms with Crippen molar-refractivity contribution in [3.05, 3.63) is 64.9 Å². The van der Waals surface area contributed by atoms with Gasteiger partial charge in [0.2, 0.25) is 0 Å². The second kappa shape index (κ2) is 11.4. The summed E-state index contributed by atoms with van der Waals surface area (Å²) in [6.45, 7) is 8.44. The van der Waals surface area contributed by atoms with Crippen LogP contribution in [0.4, 0.5) is 10.1 Å². The van der Waals surface area contributed by atoms with E-state index in [4.69, 9.17) is 30.8 Å². The standard InChI is InChI=1S/C32H35ClFN5O5/c1-19-15-38(24-4-3-5-25-29(24)44-27(18-43-25)32(2)10-8-20(33)14-26(32)34)12-11-37(19)17-28-35-22-6-7-23(31(40)41)36-30(22)39(28)16-21-9-13-42-21/h3-8,14,19,21,27H,9-13,15-18H2,1-2H3,(H,40,41)/t19-,21-,27-,32?/m0/s1. The molecule has 1 aromatic carbocycles. The van der Waals surface area contributed by atoms with E-state index in [1.165, 1.54) is 12.1 Å². The Labute approximate surface area is 259 Å². The molecule has 1 unspecified atom stereocenters. The largest absolute Gasteiger partial charge is 0.486 e. The molecule has 0 spiro atoms. The highest BCUT2D eigenvalue weighted by Gasteiger charge is 2.44. The average molecular weight is 624 g/mol. The molecule has 0 amide bonds. The van der Waals surface area contributed by atoms with E-state index >= 15 is 4.39 Å². The van der Waals surface area contributed by atoms with Gasteiger partial charge < -0.3 is 28.8 Å². The molecule has 4 atom stereocenters.